The Morgan fingerprint density at radius 2 is 2.15 bits per heavy atom. The Hall–Kier alpha value is -1.92. The van der Waals surface area contributed by atoms with Crippen LogP contribution in [-0.4, -0.2) is 34.5 Å². The van der Waals surface area contributed by atoms with Crippen molar-refractivity contribution in [3.63, 3.8) is 0 Å². The minimum atomic E-state index is -0.895. The standard InChI is InChI=1S/C13H13ClN2O4/c14-9-5-8(1-3-20-4-2-12(17)18)11-7-15-16-13(19)10(11)6-9/h5-7H,1-4H2,(H,16,19)(H,17,18). The highest BCUT2D eigenvalue weighted by molar-refractivity contribution is 6.31. The van der Waals surface area contributed by atoms with Crippen molar-refractivity contribution in [2.45, 2.75) is 12.8 Å². The summed E-state index contributed by atoms with van der Waals surface area (Å²) in [5.74, 6) is -0.895. The molecule has 0 bridgehead atoms. The van der Waals surface area contributed by atoms with Crippen LogP contribution in [0.5, 0.6) is 0 Å². The van der Waals surface area contributed by atoms with Gasteiger partial charge >= 0.3 is 5.97 Å². The molecule has 0 saturated heterocycles. The average molecular weight is 297 g/mol. The fourth-order valence-corrected chi connectivity index (χ4v) is 2.12. The van der Waals surface area contributed by atoms with E-state index in [1.807, 2.05) is 0 Å². The number of rotatable bonds is 6. The van der Waals surface area contributed by atoms with Crippen LogP contribution in [0.2, 0.25) is 5.02 Å². The van der Waals surface area contributed by atoms with Gasteiger partial charge in [0.2, 0.25) is 0 Å². The van der Waals surface area contributed by atoms with Gasteiger partial charge in [0.25, 0.3) is 5.56 Å². The van der Waals surface area contributed by atoms with Crippen molar-refractivity contribution in [2.75, 3.05) is 13.2 Å². The van der Waals surface area contributed by atoms with Crippen molar-refractivity contribution in [1.82, 2.24) is 10.2 Å². The predicted molar refractivity (Wildman–Crippen MR) is 74.1 cm³/mol. The Morgan fingerprint density at radius 1 is 1.35 bits per heavy atom. The average Bonchev–Trinajstić information content (AvgIpc) is 2.39. The number of carboxylic acids is 1. The first kappa shape index (κ1) is 14.5. The number of ether oxygens (including phenoxy) is 1. The number of nitrogens with one attached hydrogen (secondary N) is 1. The molecule has 0 fully saturated rings. The van der Waals surface area contributed by atoms with Crippen LogP contribution in [0.15, 0.2) is 23.1 Å². The summed E-state index contributed by atoms with van der Waals surface area (Å²) in [6, 6.07) is 3.34. The quantitative estimate of drug-likeness (QED) is 0.790. The lowest BCUT2D eigenvalue weighted by atomic mass is 10.1. The molecule has 0 unspecified atom stereocenters. The molecular formula is C13H13ClN2O4. The van der Waals surface area contributed by atoms with E-state index < -0.39 is 5.97 Å². The highest BCUT2D eigenvalue weighted by atomic mass is 35.5. The molecule has 0 aliphatic rings. The Labute approximate surface area is 119 Å². The van der Waals surface area contributed by atoms with Gasteiger partial charge in [-0.1, -0.05) is 11.6 Å². The zero-order valence-corrected chi connectivity index (χ0v) is 11.3. The van der Waals surface area contributed by atoms with Gasteiger partial charge in [-0.05, 0) is 24.1 Å². The first-order valence-corrected chi connectivity index (χ1v) is 6.41. The smallest absolute Gasteiger partial charge is 0.305 e. The molecule has 1 heterocycles. The van der Waals surface area contributed by atoms with Crippen LogP contribution in [0, 0.1) is 0 Å². The van der Waals surface area contributed by atoms with E-state index in [1.54, 1.807) is 18.3 Å². The number of halogens is 1. The fraction of sp³-hybridized carbons (Fsp3) is 0.308. The summed E-state index contributed by atoms with van der Waals surface area (Å²) in [6.45, 7) is 0.516. The van der Waals surface area contributed by atoms with E-state index in [0.717, 1.165) is 10.9 Å². The summed E-state index contributed by atoms with van der Waals surface area (Å²) in [5, 5.41) is 16.3. The number of aliphatic carboxylic acids is 1. The van der Waals surface area contributed by atoms with Crippen molar-refractivity contribution in [1.29, 1.82) is 0 Å². The number of carbonyl (C=O) groups is 1. The van der Waals surface area contributed by atoms with Crippen LogP contribution >= 0.6 is 11.6 Å². The number of hydrogen-bond acceptors (Lipinski definition) is 4. The zero-order valence-electron chi connectivity index (χ0n) is 10.6. The second-order valence-corrected chi connectivity index (χ2v) is 4.67. The maximum Gasteiger partial charge on any atom is 0.305 e. The normalized spacial score (nSPS) is 10.8. The van der Waals surface area contributed by atoms with Crippen molar-refractivity contribution in [3.8, 4) is 0 Å². The summed E-state index contributed by atoms with van der Waals surface area (Å²) in [7, 11) is 0. The molecule has 2 N–H and O–H groups in total. The topological polar surface area (TPSA) is 92.3 Å². The third kappa shape index (κ3) is 3.55. The van der Waals surface area contributed by atoms with Crippen molar-refractivity contribution in [2.24, 2.45) is 0 Å². The van der Waals surface area contributed by atoms with Crippen LogP contribution in [-0.2, 0) is 16.0 Å². The number of carboxylic acid groups (broad SMARTS) is 1. The predicted octanol–water partition coefficient (Wildman–Crippen LogP) is 1.61. The lowest BCUT2D eigenvalue weighted by molar-refractivity contribution is -0.138. The van der Waals surface area contributed by atoms with Gasteiger partial charge < -0.3 is 9.84 Å². The number of H-pyrrole nitrogens is 1. The summed E-state index contributed by atoms with van der Waals surface area (Å²) >= 11 is 5.99. The highest BCUT2D eigenvalue weighted by Gasteiger charge is 2.07. The van der Waals surface area contributed by atoms with Gasteiger partial charge in [-0.25, -0.2) is 5.10 Å². The summed E-state index contributed by atoms with van der Waals surface area (Å²) in [6.07, 6.45) is 2.07. The van der Waals surface area contributed by atoms with Gasteiger partial charge in [-0.15, -0.1) is 0 Å². The SMILES string of the molecule is O=C(O)CCOCCc1cc(Cl)cc2c(=O)[nH]ncc12. The molecule has 2 aromatic rings. The number of hydrogen-bond donors (Lipinski definition) is 2. The van der Waals surface area contributed by atoms with Crippen LogP contribution < -0.4 is 5.56 Å². The lowest BCUT2D eigenvalue weighted by Crippen LogP contribution is -2.10. The van der Waals surface area contributed by atoms with Crippen LogP contribution in [0.1, 0.15) is 12.0 Å². The Morgan fingerprint density at radius 3 is 2.90 bits per heavy atom. The minimum Gasteiger partial charge on any atom is -0.481 e. The summed E-state index contributed by atoms with van der Waals surface area (Å²) in [4.78, 5) is 22.0. The molecular weight excluding hydrogens is 284 g/mol. The Balaban J connectivity index is 2.12. The van der Waals surface area contributed by atoms with Gasteiger partial charge in [0.1, 0.15) is 0 Å². The van der Waals surface area contributed by atoms with Crippen molar-refractivity contribution >= 4 is 28.3 Å². The minimum absolute atomic E-state index is 0.0302. The van der Waals surface area contributed by atoms with Crippen LogP contribution in [0.4, 0.5) is 0 Å². The fourth-order valence-electron chi connectivity index (χ4n) is 1.88. The van der Waals surface area contributed by atoms with E-state index >= 15 is 0 Å². The third-order valence-electron chi connectivity index (χ3n) is 2.81. The van der Waals surface area contributed by atoms with Gasteiger partial charge in [0.05, 0.1) is 31.2 Å². The molecule has 1 aromatic heterocycles. The molecule has 0 spiro atoms. The van der Waals surface area contributed by atoms with Crippen LogP contribution in [0.25, 0.3) is 10.8 Å². The molecule has 0 atom stereocenters. The third-order valence-corrected chi connectivity index (χ3v) is 3.03. The van der Waals surface area contributed by atoms with Gasteiger partial charge in [-0.2, -0.15) is 5.10 Å². The number of nitrogens with zero attached hydrogens (tertiary/aromatic N) is 1. The second kappa shape index (κ2) is 6.49. The molecule has 7 heteroatoms. The summed E-state index contributed by atoms with van der Waals surface area (Å²) < 4.78 is 5.24. The first-order valence-electron chi connectivity index (χ1n) is 6.03. The molecule has 0 saturated carbocycles. The van der Waals surface area contributed by atoms with Gasteiger partial charge in [-0.3, -0.25) is 9.59 Å². The summed E-state index contributed by atoms with van der Waals surface area (Å²) in [5.41, 5.74) is 0.555. The van der Waals surface area contributed by atoms with Crippen molar-refractivity contribution in [3.05, 3.63) is 39.3 Å². The molecule has 0 radical (unpaired) electrons. The first-order chi connectivity index (χ1) is 9.58. The van der Waals surface area contributed by atoms with Crippen molar-refractivity contribution < 1.29 is 14.6 Å². The number of aromatic nitrogens is 2. The lowest BCUT2D eigenvalue weighted by Gasteiger charge is -2.07. The second-order valence-electron chi connectivity index (χ2n) is 4.23. The maximum atomic E-state index is 11.7. The van der Waals surface area contributed by atoms with Crippen LogP contribution in [0.3, 0.4) is 0 Å². The monoisotopic (exact) mass is 296 g/mol. The molecule has 6 nitrogen and oxygen atoms in total. The molecule has 2 rings (SSSR count). The molecule has 1 aromatic carbocycles. The van der Waals surface area contributed by atoms with Gasteiger partial charge in [0, 0.05) is 10.4 Å². The van der Waals surface area contributed by atoms with E-state index in [0.29, 0.717) is 23.4 Å². The molecule has 0 aliphatic heterocycles. The van der Waals surface area contributed by atoms with E-state index in [2.05, 4.69) is 10.2 Å². The number of benzene rings is 1. The Bertz CT molecular complexity index is 684. The zero-order chi connectivity index (χ0) is 14.5. The molecule has 0 aliphatic carbocycles. The Kier molecular flexibility index (Phi) is 4.70. The molecule has 20 heavy (non-hydrogen) atoms. The highest BCUT2D eigenvalue weighted by Crippen LogP contribution is 2.21. The molecule has 106 valence electrons. The number of aromatic amines is 1. The van der Waals surface area contributed by atoms with E-state index in [1.165, 1.54) is 0 Å². The maximum absolute atomic E-state index is 11.7. The van der Waals surface area contributed by atoms with E-state index in [4.69, 9.17) is 21.4 Å². The number of fused-ring (bicyclic) bond motifs is 1. The van der Waals surface area contributed by atoms with Gasteiger partial charge in [0.15, 0.2) is 0 Å². The molecule has 0 amide bonds. The van der Waals surface area contributed by atoms with E-state index in [9.17, 15) is 9.59 Å². The van der Waals surface area contributed by atoms with E-state index in [-0.39, 0.29) is 18.6 Å². The largest absolute Gasteiger partial charge is 0.481 e.